The van der Waals surface area contributed by atoms with Gasteiger partial charge in [0.2, 0.25) is 10.0 Å². The highest BCUT2D eigenvalue weighted by molar-refractivity contribution is 7.90. The van der Waals surface area contributed by atoms with Gasteiger partial charge in [0.05, 0.1) is 23.6 Å². The molecular formula is C16H25N3O3S. The van der Waals surface area contributed by atoms with Crippen molar-refractivity contribution >= 4 is 10.0 Å². The first-order valence-electron chi connectivity index (χ1n) is 8.64. The Kier molecular flexibility index (Phi) is 3.98. The molecule has 2 atom stereocenters. The number of rotatable bonds is 7. The van der Waals surface area contributed by atoms with Crippen molar-refractivity contribution in [3.8, 4) is 0 Å². The molecule has 0 radical (unpaired) electrons. The SMILES string of the molecule is Cn1cc(C[C@H]2[C@@H](OCC3CC3)CCN2S(=O)(=O)C2CC2)cn1. The number of hydrogen-bond acceptors (Lipinski definition) is 4. The fourth-order valence-corrected chi connectivity index (χ4v) is 5.52. The highest BCUT2D eigenvalue weighted by Crippen LogP contribution is 2.37. The predicted molar refractivity (Wildman–Crippen MR) is 86.4 cm³/mol. The molecule has 1 aromatic heterocycles. The lowest BCUT2D eigenvalue weighted by Crippen LogP contribution is -2.43. The summed E-state index contributed by atoms with van der Waals surface area (Å²) in [5.74, 6) is 0.697. The van der Waals surface area contributed by atoms with E-state index in [0.717, 1.165) is 31.4 Å². The summed E-state index contributed by atoms with van der Waals surface area (Å²) in [6.45, 7) is 1.38. The molecule has 128 valence electrons. The van der Waals surface area contributed by atoms with Crippen LogP contribution in [0.25, 0.3) is 0 Å². The van der Waals surface area contributed by atoms with Gasteiger partial charge in [0.25, 0.3) is 0 Å². The van der Waals surface area contributed by atoms with E-state index in [1.165, 1.54) is 12.8 Å². The van der Waals surface area contributed by atoms with Gasteiger partial charge in [-0.2, -0.15) is 9.40 Å². The van der Waals surface area contributed by atoms with Crippen LogP contribution in [0.15, 0.2) is 12.4 Å². The Bertz CT molecular complexity index is 664. The second-order valence-electron chi connectivity index (χ2n) is 7.25. The molecule has 2 saturated carbocycles. The lowest BCUT2D eigenvalue weighted by Gasteiger charge is -2.27. The number of sulfonamides is 1. The summed E-state index contributed by atoms with van der Waals surface area (Å²) >= 11 is 0. The zero-order chi connectivity index (χ0) is 16.0. The maximum Gasteiger partial charge on any atom is 0.217 e. The van der Waals surface area contributed by atoms with Gasteiger partial charge in [-0.1, -0.05) is 0 Å². The quantitative estimate of drug-likeness (QED) is 0.752. The lowest BCUT2D eigenvalue weighted by molar-refractivity contribution is 0.0305. The Balaban J connectivity index is 1.52. The van der Waals surface area contributed by atoms with Crippen molar-refractivity contribution in [2.24, 2.45) is 13.0 Å². The average Bonchev–Trinajstić information content (AvgIpc) is 3.42. The molecule has 0 unspecified atom stereocenters. The number of nitrogens with zero attached hydrogens (tertiary/aromatic N) is 3. The van der Waals surface area contributed by atoms with Gasteiger partial charge in [-0.3, -0.25) is 4.68 Å². The second-order valence-corrected chi connectivity index (χ2v) is 9.42. The normalized spacial score (nSPS) is 29.3. The van der Waals surface area contributed by atoms with Crippen LogP contribution < -0.4 is 0 Å². The smallest absolute Gasteiger partial charge is 0.217 e. The number of aryl methyl sites for hydroxylation is 1. The summed E-state index contributed by atoms with van der Waals surface area (Å²) in [6.07, 6.45) is 9.45. The van der Waals surface area contributed by atoms with Crippen molar-refractivity contribution in [3.63, 3.8) is 0 Å². The molecule has 4 rings (SSSR count). The van der Waals surface area contributed by atoms with E-state index in [1.54, 1.807) is 8.99 Å². The van der Waals surface area contributed by atoms with E-state index in [-0.39, 0.29) is 17.4 Å². The van der Waals surface area contributed by atoms with Gasteiger partial charge in [-0.25, -0.2) is 8.42 Å². The van der Waals surface area contributed by atoms with Crippen LogP contribution in [0.5, 0.6) is 0 Å². The topological polar surface area (TPSA) is 64.4 Å². The van der Waals surface area contributed by atoms with Gasteiger partial charge in [0.15, 0.2) is 0 Å². The van der Waals surface area contributed by atoms with Crippen molar-refractivity contribution in [2.75, 3.05) is 13.2 Å². The van der Waals surface area contributed by atoms with Crippen LogP contribution in [0, 0.1) is 5.92 Å². The fourth-order valence-electron chi connectivity index (χ4n) is 3.46. The molecule has 6 nitrogen and oxygen atoms in total. The first-order chi connectivity index (χ1) is 11.0. The number of hydrogen-bond donors (Lipinski definition) is 0. The molecule has 7 heteroatoms. The third kappa shape index (κ3) is 3.32. The molecule has 3 fully saturated rings. The summed E-state index contributed by atoms with van der Waals surface area (Å²) in [5, 5.41) is 4.06. The van der Waals surface area contributed by atoms with Crippen LogP contribution in [-0.2, 0) is 28.2 Å². The summed E-state index contributed by atoms with van der Waals surface area (Å²) in [4.78, 5) is 0. The molecule has 1 aromatic rings. The Morgan fingerprint density at radius 3 is 2.65 bits per heavy atom. The molecular weight excluding hydrogens is 314 g/mol. The van der Waals surface area contributed by atoms with Gasteiger partial charge >= 0.3 is 0 Å². The highest BCUT2D eigenvalue weighted by atomic mass is 32.2. The minimum atomic E-state index is -3.16. The maximum absolute atomic E-state index is 12.7. The van der Waals surface area contributed by atoms with Crippen LogP contribution in [0.3, 0.4) is 0 Å². The predicted octanol–water partition coefficient (Wildman–Crippen LogP) is 1.32. The maximum atomic E-state index is 12.7. The monoisotopic (exact) mass is 339 g/mol. The molecule has 0 amide bonds. The minimum absolute atomic E-state index is 0.0179. The van der Waals surface area contributed by atoms with Crippen molar-refractivity contribution < 1.29 is 13.2 Å². The zero-order valence-corrected chi connectivity index (χ0v) is 14.4. The largest absolute Gasteiger partial charge is 0.376 e. The zero-order valence-electron chi connectivity index (χ0n) is 13.6. The van der Waals surface area contributed by atoms with Gasteiger partial charge < -0.3 is 4.74 Å². The van der Waals surface area contributed by atoms with E-state index in [1.807, 2.05) is 19.4 Å². The Labute approximate surface area is 137 Å². The number of aromatic nitrogens is 2. The van der Waals surface area contributed by atoms with E-state index < -0.39 is 10.0 Å². The summed E-state index contributed by atoms with van der Waals surface area (Å²) in [6, 6.07) is -0.0800. The van der Waals surface area contributed by atoms with Gasteiger partial charge in [0.1, 0.15) is 0 Å². The molecule has 0 N–H and O–H groups in total. The van der Waals surface area contributed by atoms with Crippen molar-refractivity contribution in [3.05, 3.63) is 18.0 Å². The van der Waals surface area contributed by atoms with Crippen LogP contribution in [-0.4, -0.2) is 53.1 Å². The average molecular weight is 339 g/mol. The molecule has 1 saturated heterocycles. The first-order valence-corrected chi connectivity index (χ1v) is 10.1. The van der Waals surface area contributed by atoms with E-state index >= 15 is 0 Å². The minimum Gasteiger partial charge on any atom is -0.376 e. The molecule has 1 aliphatic heterocycles. The van der Waals surface area contributed by atoms with E-state index in [2.05, 4.69) is 5.10 Å². The van der Waals surface area contributed by atoms with Crippen molar-refractivity contribution in [2.45, 2.75) is 55.9 Å². The van der Waals surface area contributed by atoms with Crippen molar-refractivity contribution in [1.82, 2.24) is 14.1 Å². The molecule has 23 heavy (non-hydrogen) atoms. The van der Waals surface area contributed by atoms with E-state index in [9.17, 15) is 8.42 Å². The Morgan fingerprint density at radius 2 is 2.04 bits per heavy atom. The van der Waals surface area contributed by atoms with Crippen LogP contribution >= 0.6 is 0 Å². The third-order valence-corrected chi connectivity index (χ3v) is 7.57. The van der Waals surface area contributed by atoms with Gasteiger partial charge in [0, 0.05) is 26.4 Å². The Hall–Kier alpha value is -0.920. The molecule has 0 spiro atoms. The van der Waals surface area contributed by atoms with Crippen molar-refractivity contribution in [1.29, 1.82) is 0 Å². The summed E-state index contributed by atoms with van der Waals surface area (Å²) < 4.78 is 35.1. The van der Waals surface area contributed by atoms with Crippen LogP contribution in [0.1, 0.15) is 37.7 Å². The molecule has 0 bridgehead atoms. The molecule has 3 aliphatic rings. The van der Waals surface area contributed by atoms with Gasteiger partial charge in [-0.05, 0) is 50.0 Å². The molecule has 0 aromatic carbocycles. The third-order valence-electron chi connectivity index (χ3n) is 5.15. The van der Waals surface area contributed by atoms with Gasteiger partial charge in [-0.15, -0.1) is 0 Å². The first kappa shape index (κ1) is 15.6. The van der Waals surface area contributed by atoms with E-state index in [4.69, 9.17) is 4.74 Å². The Morgan fingerprint density at radius 1 is 1.26 bits per heavy atom. The van der Waals surface area contributed by atoms with Crippen LogP contribution in [0.2, 0.25) is 0 Å². The standard InChI is InChI=1S/C16H25N3O3S/c1-18-10-13(9-17-18)8-15-16(22-11-12-2-3-12)6-7-19(15)23(20,21)14-4-5-14/h9-10,12,14-16H,2-8,11H2,1H3/t15-,16-/m0/s1. The highest BCUT2D eigenvalue weighted by Gasteiger charge is 2.48. The summed E-state index contributed by atoms with van der Waals surface area (Å²) in [5.41, 5.74) is 1.08. The summed E-state index contributed by atoms with van der Waals surface area (Å²) in [7, 11) is -1.27. The van der Waals surface area contributed by atoms with E-state index in [0.29, 0.717) is 18.9 Å². The molecule has 2 aliphatic carbocycles. The second kappa shape index (κ2) is 5.86. The number of ether oxygens (including phenoxy) is 1. The fraction of sp³-hybridized carbons (Fsp3) is 0.812. The molecule has 2 heterocycles. The van der Waals surface area contributed by atoms with Crippen LogP contribution in [0.4, 0.5) is 0 Å². The lowest BCUT2D eigenvalue weighted by atomic mass is 10.1.